The molecule has 6 heteroatoms. The lowest BCUT2D eigenvalue weighted by atomic mass is 10.2. The predicted octanol–water partition coefficient (Wildman–Crippen LogP) is 4.62. The maximum absolute atomic E-state index is 4.85. The number of likely N-dealkylation sites (tertiary alicyclic amines) is 1. The molecule has 2 aromatic carbocycles. The number of rotatable bonds is 6. The fourth-order valence-corrected chi connectivity index (χ4v) is 4.24. The minimum absolute atomic E-state index is 0.723. The fraction of sp³-hybridized carbons (Fsp3) is 0.375. The Morgan fingerprint density at radius 1 is 0.833 bits per heavy atom. The molecule has 0 atom stereocenters. The summed E-state index contributed by atoms with van der Waals surface area (Å²) in [6.45, 7) is 4.48. The maximum Gasteiger partial charge on any atom is 0.226 e. The Balaban J connectivity index is 1.39. The van der Waals surface area contributed by atoms with Gasteiger partial charge in [0.15, 0.2) is 11.5 Å². The third-order valence-corrected chi connectivity index (χ3v) is 5.84. The molecule has 1 aliphatic heterocycles. The summed E-state index contributed by atoms with van der Waals surface area (Å²) in [7, 11) is 0. The van der Waals surface area contributed by atoms with Crippen LogP contribution in [0.15, 0.2) is 54.6 Å². The second-order valence-electron chi connectivity index (χ2n) is 8.03. The Morgan fingerprint density at radius 2 is 1.60 bits per heavy atom. The van der Waals surface area contributed by atoms with Gasteiger partial charge in [0.25, 0.3) is 0 Å². The second-order valence-corrected chi connectivity index (χ2v) is 8.03. The molecule has 4 aromatic rings. The van der Waals surface area contributed by atoms with Gasteiger partial charge in [-0.2, -0.15) is 4.52 Å². The van der Waals surface area contributed by atoms with Crippen molar-refractivity contribution in [2.45, 2.75) is 32.1 Å². The Labute approximate surface area is 177 Å². The fourth-order valence-electron chi connectivity index (χ4n) is 4.24. The monoisotopic (exact) mass is 400 g/mol. The van der Waals surface area contributed by atoms with Crippen molar-refractivity contribution in [2.75, 3.05) is 31.5 Å². The van der Waals surface area contributed by atoms with E-state index in [4.69, 9.17) is 15.1 Å². The lowest BCUT2D eigenvalue weighted by molar-refractivity contribution is 0.284. The van der Waals surface area contributed by atoms with E-state index in [0.29, 0.717) is 0 Å². The zero-order valence-electron chi connectivity index (χ0n) is 17.3. The summed E-state index contributed by atoms with van der Waals surface area (Å²) in [6.07, 6.45) is 6.52. The van der Waals surface area contributed by atoms with Crippen molar-refractivity contribution in [3.8, 4) is 11.4 Å². The number of nitrogens with zero attached hydrogens (tertiary/aromatic N) is 5. The molecule has 2 aromatic heterocycles. The average Bonchev–Trinajstić information content (AvgIpc) is 3.09. The van der Waals surface area contributed by atoms with Gasteiger partial charge in [0.1, 0.15) is 0 Å². The molecule has 3 heterocycles. The molecule has 0 amide bonds. The topological polar surface area (TPSA) is 58.4 Å². The van der Waals surface area contributed by atoms with Crippen molar-refractivity contribution in [1.29, 1.82) is 0 Å². The van der Waals surface area contributed by atoms with Gasteiger partial charge in [-0.1, -0.05) is 55.3 Å². The molecule has 0 aliphatic carbocycles. The summed E-state index contributed by atoms with van der Waals surface area (Å²) in [5.41, 5.74) is 2.79. The van der Waals surface area contributed by atoms with Crippen LogP contribution >= 0.6 is 0 Å². The Kier molecular flexibility index (Phi) is 5.57. The van der Waals surface area contributed by atoms with Gasteiger partial charge in [0, 0.05) is 17.5 Å². The summed E-state index contributed by atoms with van der Waals surface area (Å²) in [5.74, 6) is 1.48. The molecule has 1 N–H and O–H groups in total. The van der Waals surface area contributed by atoms with Crippen LogP contribution in [0.3, 0.4) is 0 Å². The zero-order chi connectivity index (χ0) is 20.2. The zero-order valence-corrected chi connectivity index (χ0v) is 17.3. The van der Waals surface area contributed by atoms with Crippen LogP contribution in [0.1, 0.15) is 32.1 Å². The highest BCUT2D eigenvalue weighted by Gasteiger charge is 2.14. The molecule has 1 fully saturated rings. The first kappa shape index (κ1) is 19.0. The molecule has 30 heavy (non-hydrogen) atoms. The molecule has 1 aliphatic rings. The summed E-state index contributed by atoms with van der Waals surface area (Å²) in [6, 6.07) is 18.3. The van der Waals surface area contributed by atoms with E-state index in [1.165, 1.54) is 38.8 Å². The van der Waals surface area contributed by atoms with Crippen LogP contribution in [-0.4, -0.2) is 50.7 Å². The van der Waals surface area contributed by atoms with E-state index in [2.05, 4.69) is 16.3 Å². The number of nitrogens with one attached hydrogen (secondary N) is 1. The molecule has 0 spiro atoms. The van der Waals surface area contributed by atoms with E-state index in [-0.39, 0.29) is 0 Å². The van der Waals surface area contributed by atoms with Gasteiger partial charge < -0.3 is 10.2 Å². The van der Waals surface area contributed by atoms with E-state index >= 15 is 0 Å². The number of benzene rings is 2. The standard InChI is InChI=1S/C24H28N6/c1-2-9-17-29(16-8-1)18-10-15-25-24-26-21-14-7-6-13-20(21)23-27-22(28-30(23)24)19-11-4-3-5-12-19/h3-7,11-14H,1-2,8-10,15-18H2,(H,25,26). The molecule has 1 saturated heterocycles. The van der Waals surface area contributed by atoms with Gasteiger partial charge in [-0.05, 0) is 51.0 Å². The second kappa shape index (κ2) is 8.79. The molecule has 0 saturated carbocycles. The van der Waals surface area contributed by atoms with Crippen molar-refractivity contribution in [2.24, 2.45) is 0 Å². The van der Waals surface area contributed by atoms with Crippen molar-refractivity contribution in [3.05, 3.63) is 54.6 Å². The van der Waals surface area contributed by atoms with Crippen LogP contribution in [0.2, 0.25) is 0 Å². The van der Waals surface area contributed by atoms with Gasteiger partial charge in [-0.25, -0.2) is 9.97 Å². The minimum Gasteiger partial charge on any atom is -0.354 e. The van der Waals surface area contributed by atoms with Crippen molar-refractivity contribution in [3.63, 3.8) is 0 Å². The molecule has 154 valence electrons. The number of anilines is 1. The summed E-state index contributed by atoms with van der Waals surface area (Å²) in [5, 5.41) is 9.32. The largest absolute Gasteiger partial charge is 0.354 e. The number of hydrogen-bond donors (Lipinski definition) is 1. The number of hydrogen-bond acceptors (Lipinski definition) is 5. The predicted molar refractivity (Wildman–Crippen MR) is 122 cm³/mol. The van der Waals surface area contributed by atoms with Crippen molar-refractivity contribution >= 4 is 22.5 Å². The van der Waals surface area contributed by atoms with Gasteiger partial charge in [0.2, 0.25) is 5.95 Å². The highest BCUT2D eigenvalue weighted by molar-refractivity contribution is 5.92. The normalized spacial score (nSPS) is 15.5. The number of fused-ring (bicyclic) bond motifs is 3. The molecule has 0 bridgehead atoms. The van der Waals surface area contributed by atoms with E-state index < -0.39 is 0 Å². The van der Waals surface area contributed by atoms with Crippen LogP contribution in [-0.2, 0) is 0 Å². The van der Waals surface area contributed by atoms with Gasteiger partial charge in [-0.3, -0.25) is 0 Å². The van der Waals surface area contributed by atoms with Crippen LogP contribution in [0, 0.1) is 0 Å². The minimum atomic E-state index is 0.723. The lowest BCUT2D eigenvalue weighted by Crippen LogP contribution is -2.27. The van der Waals surface area contributed by atoms with Crippen LogP contribution < -0.4 is 5.32 Å². The Hall–Kier alpha value is -2.99. The molecular formula is C24H28N6. The third kappa shape index (κ3) is 4.00. The van der Waals surface area contributed by atoms with Gasteiger partial charge >= 0.3 is 0 Å². The number of para-hydroxylation sites is 1. The number of aromatic nitrogens is 4. The van der Waals surface area contributed by atoms with Crippen molar-refractivity contribution < 1.29 is 0 Å². The first-order valence-corrected chi connectivity index (χ1v) is 11.1. The van der Waals surface area contributed by atoms with E-state index in [1.54, 1.807) is 0 Å². The average molecular weight is 401 g/mol. The van der Waals surface area contributed by atoms with E-state index in [1.807, 2.05) is 53.0 Å². The van der Waals surface area contributed by atoms with E-state index in [9.17, 15) is 0 Å². The molecule has 5 rings (SSSR count). The Morgan fingerprint density at radius 3 is 2.43 bits per heavy atom. The highest BCUT2D eigenvalue weighted by Crippen LogP contribution is 2.24. The van der Waals surface area contributed by atoms with Crippen LogP contribution in [0.4, 0.5) is 5.95 Å². The Bertz CT molecular complexity index is 1110. The summed E-state index contributed by atoms with van der Waals surface area (Å²) in [4.78, 5) is 12.3. The third-order valence-electron chi connectivity index (χ3n) is 5.84. The molecule has 6 nitrogen and oxygen atoms in total. The SMILES string of the molecule is c1ccc(-c2nc3c4ccccc4nc(NCCCN4CCCCCC4)n3n2)cc1. The van der Waals surface area contributed by atoms with Crippen LogP contribution in [0.5, 0.6) is 0 Å². The van der Waals surface area contributed by atoms with Crippen molar-refractivity contribution in [1.82, 2.24) is 24.5 Å². The summed E-state index contributed by atoms with van der Waals surface area (Å²) < 4.78 is 1.86. The smallest absolute Gasteiger partial charge is 0.226 e. The van der Waals surface area contributed by atoms with Gasteiger partial charge in [0.05, 0.1) is 5.52 Å². The maximum atomic E-state index is 4.85. The van der Waals surface area contributed by atoms with Gasteiger partial charge in [-0.15, -0.1) is 5.10 Å². The summed E-state index contributed by atoms with van der Waals surface area (Å²) >= 11 is 0. The quantitative estimate of drug-likeness (QED) is 0.479. The lowest BCUT2D eigenvalue weighted by Gasteiger charge is -2.19. The first-order chi connectivity index (χ1) is 14.9. The molecule has 0 unspecified atom stereocenters. The highest BCUT2D eigenvalue weighted by atomic mass is 15.4. The van der Waals surface area contributed by atoms with Crippen LogP contribution in [0.25, 0.3) is 27.9 Å². The molecule has 0 radical (unpaired) electrons. The van der Waals surface area contributed by atoms with E-state index in [0.717, 1.165) is 53.4 Å². The first-order valence-electron chi connectivity index (χ1n) is 11.1. The molecular weight excluding hydrogens is 372 g/mol.